The van der Waals surface area contributed by atoms with Gasteiger partial charge in [-0.05, 0) is 11.6 Å². The van der Waals surface area contributed by atoms with Gasteiger partial charge in [0.05, 0.1) is 5.69 Å². The summed E-state index contributed by atoms with van der Waals surface area (Å²) in [5.74, 6) is -0.402. The van der Waals surface area contributed by atoms with Crippen molar-refractivity contribution < 1.29 is 42.6 Å². The molecule has 2 heterocycles. The Morgan fingerprint density at radius 2 is 2.26 bits per heavy atom. The standard InChI is InChI=1S/C13H9N2O2S.Y/c16-13(17)11-7-18-12(15-11)10-6-5-8-3-1-2-4-9(8)14-10;/h2-6,11H,7H2,(H,16,17);/q-1;. The third kappa shape index (κ3) is 3.04. The van der Waals surface area contributed by atoms with E-state index in [0.29, 0.717) is 10.8 Å². The molecule has 0 aliphatic carbocycles. The number of nitrogens with zero attached hydrogens (tertiary/aromatic N) is 2. The summed E-state index contributed by atoms with van der Waals surface area (Å²) in [6, 6.07) is 11.7. The normalized spacial score (nSPS) is 17.9. The molecule has 1 aliphatic heterocycles. The Morgan fingerprint density at radius 3 is 3.00 bits per heavy atom. The van der Waals surface area contributed by atoms with E-state index in [4.69, 9.17) is 5.11 Å². The average Bonchev–Trinajstić information content (AvgIpc) is 2.88. The molecule has 0 bridgehead atoms. The van der Waals surface area contributed by atoms with Gasteiger partial charge in [-0.15, -0.1) is 29.3 Å². The molecule has 1 aromatic heterocycles. The van der Waals surface area contributed by atoms with E-state index in [1.807, 2.05) is 30.3 Å². The summed E-state index contributed by atoms with van der Waals surface area (Å²) >= 11 is 1.44. The van der Waals surface area contributed by atoms with E-state index in [1.165, 1.54) is 11.8 Å². The molecule has 1 aliphatic rings. The number of aromatic nitrogens is 1. The van der Waals surface area contributed by atoms with Crippen molar-refractivity contribution in [2.75, 3.05) is 5.75 Å². The third-order valence-electron chi connectivity index (χ3n) is 2.69. The van der Waals surface area contributed by atoms with Crippen LogP contribution in [0.4, 0.5) is 0 Å². The molecule has 1 unspecified atom stereocenters. The summed E-state index contributed by atoms with van der Waals surface area (Å²) in [7, 11) is 0. The fourth-order valence-corrected chi connectivity index (χ4v) is 2.76. The predicted octanol–water partition coefficient (Wildman–Crippen LogP) is 1.98. The number of pyridine rings is 1. The summed E-state index contributed by atoms with van der Waals surface area (Å²) in [5.41, 5.74) is 1.61. The van der Waals surface area contributed by atoms with E-state index in [0.717, 1.165) is 16.6 Å². The molecule has 0 amide bonds. The van der Waals surface area contributed by atoms with Crippen LogP contribution in [0, 0.1) is 6.07 Å². The van der Waals surface area contributed by atoms with E-state index in [9.17, 15) is 4.79 Å². The number of fused-ring (bicyclic) bond motifs is 1. The molecule has 6 heteroatoms. The van der Waals surface area contributed by atoms with Crippen molar-refractivity contribution >= 4 is 33.7 Å². The molecule has 4 nitrogen and oxygen atoms in total. The van der Waals surface area contributed by atoms with Crippen molar-refractivity contribution in [3.63, 3.8) is 0 Å². The number of rotatable bonds is 2. The molecule has 1 aromatic carbocycles. The Labute approximate surface area is 139 Å². The molecule has 2 aromatic rings. The molecule has 0 saturated carbocycles. The Bertz CT molecular complexity index is 660. The first kappa shape index (κ1) is 14.6. The maximum absolute atomic E-state index is 10.8. The van der Waals surface area contributed by atoms with Crippen molar-refractivity contribution in [1.29, 1.82) is 0 Å². The molecule has 0 fully saturated rings. The predicted molar refractivity (Wildman–Crippen MR) is 71.0 cm³/mol. The molecule has 19 heavy (non-hydrogen) atoms. The minimum atomic E-state index is -0.882. The van der Waals surface area contributed by atoms with E-state index >= 15 is 0 Å². The Kier molecular flexibility index (Phi) is 4.71. The van der Waals surface area contributed by atoms with Gasteiger partial charge in [-0.2, -0.15) is 18.2 Å². The van der Waals surface area contributed by atoms with Gasteiger partial charge in [-0.1, -0.05) is 0 Å². The summed E-state index contributed by atoms with van der Waals surface area (Å²) < 4.78 is 0. The first-order valence-corrected chi connectivity index (χ1v) is 6.43. The van der Waals surface area contributed by atoms with Crippen LogP contribution in [-0.2, 0) is 37.5 Å². The van der Waals surface area contributed by atoms with Gasteiger partial charge in [-0.25, -0.2) is 4.79 Å². The molecular weight excluding hydrogens is 337 g/mol. The Hall–Kier alpha value is -0.776. The fraction of sp³-hybridized carbons (Fsp3) is 0.154. The largest absolute Gasteiger partial charge is 0.480 e. The van der Waals surface area contributed by atoms with Crippen molar-refractivity contribution in [2.45, 2.75) is 6.04 Å². The van der Waals surface area contributed by atoms with Gasteiger partial charge >= 0.3 is 5.97 Å². The van der Waals surface area contributed by atoms with Crippen LogP contribution in [0.3, 0.4) is 0 Å². The SMILES string of the molecule is O=C(O)C1CSC(c2ccc3c[c-]ccc3n2)=N1.[Y]. The fourth-order valence-electron chi connectivity index (χ4n) is 1.77. The van der Waals surface area contributed by atoms with Gasteiger partial charge in [0.25, 0.3) is 0 Å². The first-order valence-electron chi connectivity index (χ1n) is 5.45. The average molecular weight is 346 g/mol. The second-order valence-electron chi connectivity index (χ2n) is 3.91. The Morgan fingerprint density at radius 1 is 1.42 bits per heavy atom. The topological polar surface area (TPSA) is 62.5 Å². The van der Waals surface area contributed by atoms with Crippen LogP contribution in [0.5, 0.6) is 0 Å². The first-order chi connectivity index (χ1) is 8.74. The van der Waals surface area contributed by atoms with Crippen LogP contribution in [-0.4, -0.2) is 32.9 Å². The molecule has 3 rings (SSSR count). The Balaban J connectivity index is 0.00000133. The van der Waals surface area contributed by atoms with Crippen molar-refractivity contribution in [3.05, 3.63) is 42.1 Å². The third-order valence-corrected chi connectivity index (χ3v) is 3.76. The second kappa shape index (κ2) is 6.12. The molecule has 0 saturated heterocycles. The van der Waals surface area contributed by atoms with Crippen LogP contribution < -0.4 is 0 Å². The van der Waals surface area contributed by atoms with Crippen molar-refractivity contribution in [1.82, 2.24) is 4.98 Å². The zero-order chi connectivity index (χ0) is 12.5. The van der Waals surface area contributed by atoms with Gasteiger partial charge in [-0.3, -0.25) is 9.98 Å². The van der Waals surface area contributed by atoms with Gasteiger partial charge < -0.3 is 5.11 Å². The summed E-state index contributed by atoms with van der Waals surface area (Å²) in [5, 5.41) is 10.6. The van der Waals surface area contributed by atoms with Crippen molar-refractivity contribution in [2.24, 2.45) is 4.99 Å². The van der Waals surface area contributed by atoms with Gasteiger partial charge in [0.2, 0.25) is 0 Å². The quantitative estimate of drug-likeness (QED) is 0.845. The number of aliphatic carboxylic acids is 1. The maximum Gasteiger partial charge on any atom is 0.329 e. The molecule has 1 N–H and O–H groups in total. The number of carboxylic acid groups (broad SMARTS) is 1. The number of hydrogen-bond donors (Lipinski definition) is 1. The van der Waals surface area contributed by atoms with E-state index in [-0.39, 0.29) is 32.7 Å². The molecule has 1 atom stereocenters. The monoisotopic (exact) mass is 346 g/mol. The van der Waals surface area contributed by atoms with Gasteiger partial charge in [0.15, 0.2) is 6.04 Å². The minimum Gasteiger partial charge on any atom is -0.480 e. The number of carbonyl (C=O) groups is 1. The van der Waals surface area contributed by atoms with Gasteiger partial charge in [0.1, 0.15) is 5.04 Å². The number of benzene rings is 1. The van der Waals surface area contributed by atoms with Crippen LogP contribution >= 0.6 is 11.8 Å². The molecular formula is C13H9N2O2SY-. The van der Waals surface area contributed by atoms with Crippen molar-refractivity contribution in [3.8, 4) is 0 Å². The zero-order valence-electron chi connectivity index (χ0n) is 9.91. The zero-order valence-corrected chi connectivity index (χ0v) is 13.6. The maximum atomic E-state index is 10.8. The van der Waals surface area contributed by atoms with Gasteiger partial charge in [0, 0.05) is 38.5 Å². The van der Waals surface area contributed by atoms with Crippen LogP contribution in [0.25, 0.3) is 10.9 Å². The van der Waals surface area contributed by atoms with Crippen LogP contribution in [0.15, 0.2) is 35.3 Å². The minimum absolute atomic E-state index is 0. The molecule has 0 spiro atoms. The summed E-state index contributed by atoms with van der Waals surface area (Å²) in [4.78, 5) is 19.5. The number of thioether (sulfide) groups is 1. The summed E-state index contributed by atoms with van der Waals surface area (Å²) in [6.45, 7) is 0. The molecule has 93 valence electrons. The van der Waals surface area contributed by atoms with E-state index in [2.05, 4.69) is 16.0 Å². The summed E-state index contributed by atoms with van der Waals surface area (Å²) in [6.07, 6.45) is 0. The smallest absolute Gasteiger partial charge is 0.329 e. The van der Waals surface area contributed by atoms with E-state index in [1.54, 1.807) is 0 Å². The second-order valence-corrected chi connectivity index (χ2v) is 4.92. The van der Waals surface area contributed by atoms with Crippen LogP contribution in [0.1, 0.15) is 5.69 Å². The molecule has 1 radical (unpaired) electrons. The van der Waals surface area contributed by atoms with E-state index < -0.39 is 12.0 Å². The van der Waals surface area contributed by atoms with Crippen LogP contribution in [0.2, 0.25) is 0 Å². The number of aliphatic imine (C=N–C) groups is 1. The number of hydrogen-bond acceptors (Lipinski definition) is 4. The number of carboxylic acids is 1.